The van der Waals surface area contributed by atoms with Crippen molar-refractivity contribution in [2.45, 2.75) is 25.2 Å². The van der Waals surface area contributed by atoms with Gasteiger partial charge in [-0.1, -0.05) is 25.1 Å². The lowest BCUT2D eigenvalue weighted by Crippen LogP contribution is -2.03. The number of benzene rings is 1. The quantitative estimate of drug-likeness (QED) is 0.690. The highest BCUT2D eigenvalue weighted by molar-refractivity contribution is 7.99. The SMILES string of the molecule is CC(=O)CC(C)CSc1ccccc1.[HH]. The maximum absolute atomic E-state index is 10.9. The summed E-state index contributed by atoms with van der Waals surface area (Å²) in [5, 5.41) is 0. The Kier molecular flexibility index (Phi) is 4.74. The molecule has 0 aliphatic carbocycles. The molecule has 0 spiro atoms. The average molecular weight is 210 g/mol. The summed E-state index contributed by atoms with van der Waals surface area (Å²) in [4.78, 5) is 12.1. The van der Waals surface area contributed by atoms with E-state index in [0.717, 1.165) is 5.75 Å². The lowest BCUT2D eigenvalue weighted by molar-refractivity contribution is -0.117. The molecule has 1 unspecified atom stereocenters. The molecule has 1 aromatic rings. The molecule has 78 valence electrons. The highest BCUT2D eigenvalue weighted by atomic mass is 32.2. The molecule has 0 heterocycles. The topological polar surface area (TPSA) is 17.1 Å². The summed E-state index contributed by atoms with van der Waals surface area (Å²) in [7, 11) is 0. The molecule has 0 aliphatic rings. The maximum Gasteiger partial charge on any atom is 0.130 e. The van der Waals surface area contributed by atoms with Crippen LogP contribution in [0.5, 0.6) is 0 Å². The third-order valence-corrected chi connectivity index (χ3v) is 3.25. The van der Waals surface area contributed by atoms with E-state index in [-0.39, 0.29) is 7.21 Å². The first-order valence-electron chi connectivity index (χ1n) is 4.86. The summed E-state index contributed by atoms with van der Waals surface area (Å²) in [6.07, 6.45) is 0.694. The monoisotopic (exact) mass is 210 g/mol. The van der Waals surface area contributed by atoms with Crippen LogP contribution in [0.1, 0.15) is 21.7 Å². The van der Waals surface area contributed by atoms with Gasteiger partial charge in [0.2, 0.25) is 0 Å². The number of hydrogen-bond donors (Lipinski definition) is 0. The largest absolute Gasteiger partial charge is 0.300 e. The van der Waals surface area contributed by atoms with Crippen molar-refractivity contribution in [3.8, 4) is 0 Å². The molecule has 1 nitrogen and oxygen atoms in total. The first-order valence-corrected chi connectivity index (χ1v) is 5.84. The smallest absolute Gasteiger partial charge is 0.130 e. The first-order chi connectivity index (χ1) is 6.68. The Hall–Kier alpha value is -0.760. The zero-order chi connectivity index (χ0) is 10.4. The fourth-order valence-corrected chi connectivity index (χ4v) is 2.25. The van der Waals surface area contributed by atoms with Crippen molar-refractivity contribution in [3.05, 3.63) is 30.3 Å². The Labute approximate surface area is 91.4 Å². The number of Topliss-reactive ketones (excluding diaryl/α,β-unsaturated/α-hetero) is 1. The Morgan fingerprint density at radius 1 is 1.43 bits per heavy atom. The lowest BCUT2D eigenvalue weighted by Gasteiger charge is -2.08. The maximum atomic E-state index is 10.9. The molecule has 0 fully saturated rings. The van der Waals surface area contributed by atoms with E-state index >= 15 is 0 Å². The fourth-order valence-electron chi connectivity index (χ4n) is 1.30. The van der Waals surface area contributed by atoms with Crippen LogP contribution in [-0.2, 0) is 4.79 Å². The fraction of sp³-hybridized carbons (Fsp3) is 0.417. The molecular formula is C12H18OS. The third-order valence-electron chi connectivity index (χ3n) is 1.91. The van der Waals surface area contributed by atoms with Crippen LogP contribution in [0.2, 0.25) is 0 Å². The van der Waals surface area contributed by atoms with Gasteiger partial charge in [0.1, 0.15) is 5.78 Å². The Morgan fingerprint density at radius 2 is 2.07 bits per heavy atom. The van der Waals surface area contributed by atoms with E-state index in [4.69, 9.17) is 0 Å². The van der Waals surface area contributed by atoms with Gasteiger partial charge in [-0.2, -0.15) is 0 Å². The van der Waals surface area contributed by atoms with E-state index in [9.17, 15) is 4.79 Å². The molecule has 14 heavy (non-hydrogen) atoms. The number of carbonyl (C=O) groups is 1. The summed E-state index contributed by atoms with van der Waals surface area (Å²) in [6, 6.07) is 10.3. The van der Waals surface area contributed by atoms with Gasteiger partial charge >= 0.3 is 0 Å². The molecule has 0 bridgehead atoms. The first kappa shape index (κ1) is 11.3. The Morgan fingerprint density at radius 3 is 2.64 bits per heavy atom. The molecular weight excluding hydrogens is 192 g/mol. The Bertz CT molecular complexity index is 287. The van der Waals surface area contributed by atoms with Gasteiger partial charge in [-0.3, -0.25) is 0 Å². The minimum Gasteiger partial charge on any atom is -0.300 e. The zero-order valence-corrected chi connectivity index (χ0v) is 9.51. The molecule has 2 heteroatoms. The van der Waals surface area contributed by atoms with Crippen LogP contribution >= 0.6 is 11.8 Å². The molecule has 0 saturated heterocycles. The van der Waals surface area contributed by atoms with Crippen molar-refractivity contribution in [1.29, 1.82) is 0 Å². The van der Waals surface area contributed by atoms with Gasteiger partial charge in [0.25, 0.3) is 0 Å². The normalized spacial score (nSPS) is 12.4. The van der Waals surface area contributed by atoms with Gasteiger partial charge in [-0.15, -0.1) is 11.8 Å². The number of thioether (sulfide) groups is 1. The predicted molar refractivity (Wildman–Crippen MR) is 63.7 cm³/mol. The van der Waals surface area contributed by atoms with Crippen molar-refractivity contribution in [2.24, 2.45) is 5.92 Å². The van der Waals surface area contributed by atoms with E-state index in [1.54, 1.807) is 6.92 Å². The second-order valence-electron chi connectivity index (χ2n) is 3.64. The summed E-state index contributed by atoms with van der Waals surface area (Å²) in [5.41, 5.74) is 0. The van der Waals surface area contributed by atoms with Gasteiger partial charge in [0.15, 0.2) is 0 Å². The van der Waals surface area contributed by atoms with Gasteiger partial charge in [0.05, 0.1) is 0 Å². The molecule has 1 atom stereocenters. The van der Waals surface area contributed by atoms with Gasteiger partial charge in [-0.25, -0.2) is 0 Å². The van der Waals surface area contributed by atoms with Crippen LogP contribution < -0.4 is 0 Å². The molecule has 0 N–H and O–H groups in total. The van der Waals surface area contributed by atoms with E-state index in [0.29, 0.717) is 12.3 Å². The van der Waals surface area contributed by atoms with Crippen LogP contribution in [0.25, 0.3) is 0 Å². The van der Waals surface area contributed by atoms with Crippen LogP contribution in [0.3, 0.4) is 0 Å². The molecule has 0 saturated carbocycles. The van der Waals surface area contributed by atoms with Crippen molar-refractivity contribution in [1.82, 2.24) is 0 Å². The van der Waals surface area contributed by atoms with Crippen LogP contribution in [0.4, 0.5) is 0 Å². The molecule has 1 aromatic carbocycles. The molecule has 0 radical (unpaired) electrons. The van der Waals surface area contributed by atoms with Crippen molar-refractivity contribution in [2.75, 3.05) is 5.75 Å². The number of carbonyl (C=O) groups excluding carboxylic acids is 1. The summed E-state index contributed by atoms with van der Waals surface area (Å²) in [6.45, 7) is 3.78. The van der Waals surface area contributed by atoms with Gasteiger partial charge in [0, 0.05) is 18.5 Å². The molecule has 0 aliphatic heterocycles. The summed E-state index contributed by atoms with van der Waals surface area (Å²) >= 11 is 1.82. The van der Waals surface area contributed by atoms with Crippen LogP contribution in [0.15, 0.2) is 35.2 Å². The van der Waals surface area contributed by atoms with E-state index in [2.05, 4.69) is 19.1 Å². The van der Waals surface area contributed by atoms with Crippen molar-refractivity contribution < 1.29 is 6.22 Å². The van der Waals surface area contributed by atoms with E-state index in [1.165, 1.54) is 4.90 Å². The number of hydrogen-bond acceptors (Lipinski definition) is 2. The second-order valence-corrected chi connectivity index (χ2v) is 4.73. The number of rotatable bonds is 5. The van der Waals surface area contributed by atoms with Crippen LogP contribution in [0, 0.1) is 5.92 Å². The van der Waals surface area contributed by atoms with Gasteiger partial charge in [-0.05, 0) is 25.0 Å². The lowest BCUT2D eigenvalue weighted by atomic mass is 10.1. The Balaban J connectivity index is 0.00000196. The summed E-state index contributed by atoms with van der Waals surface area (Å²) < 4.78 is 0. The second kappa shape index (κ2) is 5.86. The number of ketones is 1. The standard InChI is InChI=1S/C12H16OS.H2/c1-10(8-11(2)13)9-14-12-6-4-3-5-7-12;/h3-7,10H,8-9H2,1-2H3;1H. The molecule has 0 amide bonds. The van der Waals surface area contributed by atoms with E-state index < -0.39 is 0 Å². The minimum atomic E-state index is 0. The average Bonchev–Trinajstić information content (AvgIpc) is 2.15. The zero-order valence-electron chi connectivity index (χ0n) is 8.69. The summed E-state index contributed by atoms with van der Waals surface area (Å²) in [5.74, 6) is 1.77. The van der Waals surface area contributed by atoms with Crippen molar-refractivity contribution in [3.63, 3.8) is 0 Å². The highest BCUT2D eigenvalue weighted by Crippen LogP contribution is 2.21. The predicted octanol–water partition coefficient (Wildman–Crippen LogP) is 3.64. The van der Waals surface area contributed by atoms with Crippen molar-refractivity contribution >= 4 is 17.5 Å². The van der Waals surface area contributed by atoms with E-state index in [1.807, 2.05) is 30.0 Å². The minimum absolute atomic E-state index is 0. The third kappa shape index (κ3) is 4.47. The van der Waals surface area contributed by atoms with Gasteiger partial charge < -0.3 is 4.79 Å². The molecule has 1 rings (SSSR count). The highest BCUT2D eigenvalue weighted by Gasteiger charge is 2.05. The molecule has 0 aromatic heterocycles. The van der Waals surface area contributed by atoms with Crippen LogP contribution in [-0.4, -0.2) is 11.5 Å².